The summed E-state index contributed by atoms with van der Waals surface area (Å²) >= 11 is 0. The lowest BCUT2D eigenvalue weighted by Crippen LogP contribution is -2.40. The van der Waals surface area contributed by atoms with Crippen LogP contribution in [-0.2, 0) is 0 Å². The highest BCUT2D eigenvalue weighted by Crippen LogP contribution is 2.24. The van der Waals surface area contributed by atoms with Gasteiger partial charge >= 0.3 is 0 Å². The highest BCUT2D eigenvalue weighted by Gasteiger charge is 2.25. The van der Waals surface area contributed by atoms with Crippen LogP contribution in [0.2, 0.25) is 0 Å². The summed E-state index contributed by atoms with van der Waals surface area (Å²) in [4.78, 5) is 19.6. The second-order valence-electron chi connectivity index (χ2n) is 7.02. The number of piperidine rings is 1. The van der Waals surface area contributed by atoms with Gasteiger partial charge in [0.1, 0.15) is 0 Å². The number of carbonyl (C=O) groups excluding carboxylic acids is 1. The number of aryl methyl sites for hydroxylation is 1. The summed E-state index contributed by atoms with van der Waals surface area (Å²) in [5.74, 6) is 0.777. The zero-order chi connectivity index (χ0) is 17.3. The average molecular weight is 402 g/mol. The molecule has 1 saturated heterocycles. The van der Waals surface area contributed by atoms with Gasteiger partial charge in [0.05, 0.1) is 17.1 Å². The first-order chi connectivity index (χ1) is 11.5. The van der Waals surface area contributed by atoms with Crippen LogP contribution in [0.4, 0.5) is 0 Å². The minimum absolute atomic E-state index is 0. The molecule has 2 aromatic rings. The molecule has 3 rings (SSSR count). The number of hydrogen-bond acceptors (Lipinski definition) is 4. The summed E-state index contributed by atoms with van der Waals surface area (Å²) < 4.78 is 1.89. The summed E-state index contributed by atoms with van der Waals surface area (Å²) in [6.45, 7) is 8.77. The predicted molar refractivity (Wildman–Crippen MR) is 110 cm³/mol. The molecule has 0 bridgehead atoms. The molecule has 1 amide bonds. The fraction of sp³-hybridized carbons (Fsp3) is 0.611. The molecule has 0 atom stereocenters. The highest BCUT2D eigenvalue weighted by atomic mass is 35.5. The van der Waals surface area contributed by atoms with E-state index in [9.17, 15) is 4.79 Å². The molecule has 1 aliphatic rings. The Morgan fingerprint density at radius 1 is 1.31 bits per heavy atom. The van der Waals surface area contributed by atoms with E-state index in [-0.39, 0.29) is 36.8 Å². The fourth-order valence-corrected chi connectivity index (χ4v) is 3.50. The van der Waals surface area contributed by atoms with Crippen molar-refractivity contribution in [2.45, 2.75) is 39.7 Å². The zero-order valence-corrected chi connectivity index (χ0v) is 17.5. The molecule has 8 heteroatoms. The zero-order valence-electron chi connectivity index (χ0n) is 15.9. The van der Waals surface area contributed by atoms with Gasteiger partial charge in [-0.05, 0) is 59.2 Å². The second-order valence-corrected chi connectivity index (χ2v) is 7.02. The van der Waals surface area contributed by atoms with Crippen molar-refractivity contribution in [2.75, 3.05) is 26.7 Å². The lowest BCUT2D eigenvalue weighted by Gasteiger charge is -2.32. The summed E-state index contributed by atoms with van der Waals surface area (Å²) in [5, 5.41) is 8.53. The molecule has 0 unspecified atom stereocenters. The fourth-order valence-electron chi connectivity index (χ4n) is 3.50. The van der Waals surface area contributed by atoms with Crippen LogP contribution in [0.15, 0.2) is 12.3 Å². The molecule has 0 aliphatic carbocycles. The van der Waals surface area contributed by atoms with Crippen molar-refractivity contribution in [1.29, 1.82) is 0 Å². The quantitative estimate of drug-likeness (QED) is 0.853. The molecule has 0 saturated carbocycles. The SMILES string of the molecule is CNCC1CCN(C(=O)c2cc(C)nc3c2cnn3C(C)C)CC1.Cl.Cl. The minimum atomic E-state index is 0. The van der Waals surface area contributed by atoms with Crippen LogP contribution in [0.25, 0.3) is 11.0 Å². The first kappa shape index (κ1) is 22.7. The lowest BCUT2D eigenvalue weighted by atomic mass is 9.96. The normalized spacial score (nSPS) is 15.0. The van der Waals surface area contributed by atoms with Gasteiger partial charge in [-0.3, -0.25) is 4.79 Å². The standard InChI is InChI=1S/C18H27N5O.2ClH/c1-12(2)23-17-16(11-20-23)15(9-13(3)21-17)18(24)22-7-5-14(6-8-22)10-19-4;;/h9,11-12,14,19H,5-8,10H2,1-4H3;2*1H. The number of nitrogens with one attached hydrogen (secondary N) is 1. The number of pyridine rings is 1. The van der Waals surface area contributed by atoms with Crippen LogP contribution in [0.3, 0.4) is 0 Å². The van der Waals surface area contributed by atoms with Gasteiger partial charge in [-0.25, -0.2) is 9.67 Å². The maximum Gasteiger partial charge on any atom is 0.254 e. The number of nitrogens with zero attached hydrogens (tertiary/aromatic N) is 4. The molecular formula is C18H29Cl2N5O. The van der Waals surface area contributed by atoms with Gasteiger partial charge in [0.2, 0.25) is 0 Å². The van der Waals surface area contributed by atoms with Gasteiger partial charge in [0.25, 0.3) is 5.91 Å². The number of hydrogen-bond donors (Lipinski definition) is 1. The topological polar surface area (TPSA) is 63.1 Å². The van der Waals surface area contributed by atoms with Gasteiger partial charge in [-0.1, -0.05) is 0 Å². The summed E-state index contributed by atoms with van der Waals surface area (Å²) in [7, 11) is 1.99. The second kappa shape index (κ2) is 9.53. The van der Waals surface area contributed by atoms with Gasteiger partial charge in [-0.15, -0.1) is 24.8 Å². The summed E-state index contributed by atoms with van der Waals surface area (Å²) in [5.41, 5.74) is 2.40. The number of fused-ring (bicyclic) bond motifs is 1. The Morgan fingerprint density at radius 2 is 1.96 bits per heavy atom. The molecule has 146 valence electrons. The van der Waals surface area contributed by atoms with E-state index in [1.54, 1.807) is 6.20 Å². The predicted octanol–water partition coefficient (Wildman–Crippen LogP) is 3.24. The molecule has 1 aliphatic heterocycles. The van der Waals surface area contributed by atoms with Gasteiger partial charge < -0.3 is 10.2 Å². The molecule has 3 heterocycles. The van der Waals surface area contributed by atoms with E-state index in [1.165, 1.54) is 0 Å². The molecule has 0 radical (unpaired) electrons. The van der Waals surface area contributed by atoms with Crippen molar-refractivity contribution in [3.05, 3.63) is 23.5 Å². The molecule has 26 heavy (non-hydrogen) atoms. The monoisotopic (exact) mass is 401 g/mol. The largest absolute Gasteiger partial charge is 0.339 e. The van der Waals surface area contributed by atoms with E-state index < -0.39 is 0 Å². The molecular weight excluding hydrogens is 373 g/mol. The Kier molecular flexibility index (Phi) is 8.31. The van der Waals surface area contributed by atoms with Crippen molar-refractivity contribution in [1.82, 2.24) is 25.0 Å². The van der Waals surface area contributed by atoms with E-state index in [0.29, 0.717) is 5.92 Å². The average Bonchev–Trinajstić information content (AvgIpc) is 2.98. The van der Waals surface area contributed by atoms with E-state index in [0.717, 1.165) is 54.8 Å². The third kappa shape index (κ3) is 4.48. The van der Waals surface area contributed by atoms with Gasteiger partial charge in [0.15, 0.2) is 5.65 Å². The van der Waals surface area contributed by atoms with Crippen LogP contribution in [0, 0.1) is 12.8 Å². The molecule has 0 aromatic carbocycles. The third-order valence-corrected chi connectivity index (χ3v) is 4.81. The molecule has 0 spiro atoms. The number of halogens is 2. The van der Waals surface area contributed by atoms with E-state index in [4.69, 9.17) is 0 Å². The number of amides is 1. The van der Waals surface area contributed by atoms with Crippen molar-refractivity contribution < 1.29 is 4.79 Å². The molecule has 6 nitrogen and oxygen atoms in total. The van der Waals surface area contributed by atoms with E-state index >= 15 is 0 Å². The molecule has 2 aromatic heterocycles. The van der Waals surface area contributed by atoms with Crippen LogP contribution in [0.1, 0.15) is 48.8 Å². The molecule has 1 fully saturated rings. The first-order valence-electron chi connectivity index (χ1n) is 8.80. The van der Waals surface area contributed by atoms with Crippen LogP contribution in [0.5, 0.6) is 0 Å². The van der Waals surface area contributed by atoms with Crippen LogP contribution in [-0.4, -0.2) is 52.3 Å². The van der Waals surface area contributed by atoms with Crippen molar-refractivity contribution in [2.24, 2.45) is 5.92 Å². The van der Waals surface area contributed by atoms with E-state index in [1.807, 2.05) is 29.6 Å². The number of aromatic nitrogens is 3. The van der Waals surface area contributed by atoms with Gasteiger partial charge in [0, 0.05) is 24.8 Å². The van der Waals surface area contributed by atoms with Crippen LogP contribution >= 0.6 is 24.8 Å². The van der Waals surface area contributed by atoms with Crippen molar-refractivity contribution in [3.63, 3.8) is 0 Å². The Hall–Kier alpha value is -1.37. The van der Waals surface area contributed by atoms with Crippen LogP contribution < -0.4 is 5.32 Å². The highest BCUT2D eigenvalue weighted by molar-refractivity contribution is 6.05. The smallest absolute Gasteiger partial charge is 0.254 e. The number of carbonyl (C=O) groups is 1. The summed E-state index contributed by atoms with van der Waals surface area (Å²) in [6.07, 6.45) is 3.90. The Labute approximate surface area is 167 Å². The van der Waals surface area contributed by atoms with Crippen molar-refractivity contribution in [3.8, 4) is 0 Å². The molecule has 1 N–H and O–H groups in total. The first-order valence-corrected chi connectivity index (χ1v) is 8.80. The maximum absolute atomic E-state index is 13.1. The third-order valence-electron chi connectivity index (χ3n) is 4.81. The minimum Gasteiger partial charge on any atom is -0.339 e. The number of rotatable bonds is 4. The number of likely N-dealkylation sites (tertiary alicyclic amines) is 1. The Morgan fingerprint density at radius 3 is 2.54 bits per heavy atom. The lowest BCUT2D eigenvalue weighted by molar-refractivity contribution is 0.0692. The maximum atomic E-state index is 13.1. The van der Waals surface area contributed by atoms with Gasteiger partial charge in [-0.2, -0.15) is 5.10 Å². The summed E-state index contributed by atoms with van der Waals surface area (Å²) in [6, 6.07) is 2.12. The van der Waals surface area contributed by atoms with Crippen molar-refractivity contribution >= 4 is 41.8 Å². The Bertz CT molecular complexity index is 739. The van der Waals surface area contributed by atoms with E-state index in [2.05, 4.69) is 29.2 Å². The Balaban J connectivity index is 0.00000169.